The van der Waals surface area contributed by atoms with Gasteiger partial charge in [0, 0.05) is 25.7 Å². The van der Waals surface area contributed by atoms with Crippen molar-refractivity contribution in [2.24, 2.45) is 0 Å². The highest BCUT2D eigenvalue weighted by Crippen LogP contribution is 2.33. The minimum Gasteiger partial charge on any atom is -0.305 e. The quantitative estimate of drug-likeness (QED) is 0.755. The van der Waals surface area contributed by atoms with E-state index in [2.05, 4.69) is 78.5 Å². The van der Waals surface area contributed by atoms with Crippen LogP contribution in [0.4, 0.5) is 0 Å². The third-order valence-electron chi connectivity index (χ3n) is 5.33. The van der Waals surface area contributed by atoms with Crippen LogP contribution >= 0.6 is 0 Å². The molecule has 2 aromatic rings. The van der Waals surface area contributed by atoms with E-state index in [1.165, 1.54) is 24.8 Å². The third-order valence-corrected chi connectivity index (χ3v) is 5.33. The molecule has 0 spiro atoms. The van der Waals surface area contributed by atoms with Crippen molar-refractivity contribution in [3.63, 3.8) is 0 Å². The number of fused-ring (bicyclic) bond motifs is 1. The molecule has 0 radical (unpaired) electrons. The number of rotatable bonds is 7. The summed E-state index contributed by atoms with van der Waals surface area (Å²) in [6.45, 7) is 3.38. The van der Waals surface area contributed by atoms with Gasteiger partial charge in [-0.05, 0) is 56.5 Å². The van der Waals surface area contributed by atoms with Gasteiger partial charge < -0.3 is 4.90 Å². The molecule has 0 aliphatic heterocycles. The fourth-order valence-electron chi connectivity index (χ4n) is 3.75. The first kappa shape index (κ1) is 17.2. The van der Waals surface area contributed by atoms with E-state index in [9.17, 15) is 0 Å². The van der Waals surface area contributed by atoms with Crippen LogP contribution in [-0.4, -0.2) is 43.5 Å². The molecule has 0 saturated carbocycles. The molecule has 0 N–H and O–H groups in total. The zero-order valence-corrected chi connectivity index (χ0v) is 15.1. The summed E-state index contributed by atoms with van der Waals surface area (Å²) < 4.78 is 0. The van der Waals surface area contributed by atoms with Crippen LogP contribution in [0.2, 0.25) is 0 Å². The van der Waals surface area contributed by atoms with Crippen molar-refractivity contribution in [2.75, 3.05) is 33.7 Å². The average Bonchev–Trinajstić information content (AvgIpc) is 2.64. The third kappa shape index (κ3) is 4.46. The number of benzene rings is 2. The first-order valence-electron chi connectivity index (χ1n) is 9.24. The van der Waals surface area contributed by atoms with Crippen molar-refractivity contribution in [1.29, 1.82) is 0 Å². The predicted molar refractivity (Wildman–Crippen MR) is 102 cm³/mol. The van der Waals surface area contributed by atoms with Gasteiger partial charge in [-0.3, -0.25) is 4.90 Å². The van der Waals surface area contributed by atoms with Gasteiger partial charge in [0.2, 0.25) is 0 Å². The van der Waals surface area contributed by atoms with E-state index in [1.807, 2.05) is 0 Å². The fraction of sp³-hybridized carbons (Fsp3) is 0.455. The van der Waals surface area contributed by atoms with Gasteiger partial charge in [0.1, 0.15) is 0 Å². The van der Waals surface area contributed by atoms with E-state index in [1.54, 1.807) is 11.1 Å². The lowest BCUT2D eigenvalue weighted by Crippen LogP contribution is -2.35. The predicted octanol–water partition coefficient (Wildman–Crippen LogP) is 4.17. The highest BCUT2D eigenvalue weighted by Gasteiger charge is 2.23. The molecule has 1 aliphatic carbocycles. The maximum Gasteiger partial charge on any atom is 0.0348 e. The van der Waals surface area contributed by atoms with Gasteiger partial charge in [-0.25, -0.2) is 0 Å². The lowest BCUT2D eigenvalue weighted by atomic mass is 9.87. The lowest BCUT2D eigenvalue weighted by molar-refractivity contribution is 0.191. The second-order valence-corrected chi connectivity index (χ2v) is 7.13. The Morgan fingerprint density at radius 1 is 0.875 bits per heavy atom. The molecule has 1 atom stereocenters. The zero-order valence-electron chi connectivity index (χ0n) is 15.1. The molecule has 1 aliphatic rings. The molecule has 2 aromatic carbocycles. The Morgan fingerprint density at radius 3 is 2.46 bits per heavy atom. The van der Waals surface area contributed by atoms with Gasteiger partial charge in [0.05, 0.1) is 0 Å². The summed E-state index contributed by atoms with van der Waals surface area (Å²) in [4.78, 5) is 5.01. The Morgan fingerprint density at radius 2 is 1.62 bits per heavy atom. The molecule has 1 unspecified atom stereocenters. The molecule has 0 bridgehead atoms. The van der Waals surface area contributed by atoms with E-state index in [-0.39, 0.29) is 0 Å². The van der Waals surface area contributed by atoms with Crippen LogP contribution in [0.1, 0.15) is 35.6 Å². The Kier molecular flexibility index (Phi) is 6.06. The SMILES string of the molecule is CN(CCc1ccccc1)CCN(C)C1CCCc2ccccc21. The average molecular weight is 322 g/mol. The molecule has 24 heavy (non-hydrogen) atoms. The van der Waals surface area contributed by atoms with Crippen molar-refractivity contribution in [2.45, 2.75) is 31.7 Å². The molecule has 128 valence electrons. The first-order chi connectivity index (χ1) is 11.7. The summed E-state index contributed by atoms with van der Waals surface area (Å²) in [5.74, 6) is 0. The van der Waals surface area contributed by atoms with Crippen molar-refractivity contribution in [1.82, 2.24) is 9.80 Å². The summed E-state index contributed by atoms with van der Waals surface area (Å²) in [7, 11) is 4.53. The second kappa shape index (κ2) is 8.46. The number of nitrogens with zero attached hydrogens (tertiary/aromatic N) is 2. The van der Waals surface area contributed by atoms with E-state index < -0.39 is 0 Å². The van der Waals surface area contributed by atoms with Gasteiger partial charge >= 0.3 is 0 Å². The minimum atomic E-state index is 0.595. The van der Waals surface area contributed by atoms with Gasteiger partial charge in [-0.15, -0.1) is 0 Å². The van der Waals surface area contributed by atoms with Crippen LogP contribution < -0.4 is 0 Å². The number of hydrogen-bond acceptors (Lipinski definition) is 2. The Labute approximate surface area is 147 Å². The normalized spacial score (nSPS) is 17.2. The summed E-state index contributed by atoms with van der Waals surface area (Å²) in [6, 6.07) is 20.4. The molecule has 2 heteroatoms. The van der Waals surface area contributed by atoms with Crippen LogP contribution in [0.3, 0.4) is 0 Å². The monoisotopic (exact) mass is 322 g/mol. The molecule has 0 saturated heterocycles. The topological polar surface area (TPSA) is 6.48 Å². The number of aryl methyl sites for hydroxylation is 1. The Balaban J connectivity index is 1.48. The van der Waals surface area contributed by atoms with Crippen LogP contribution in [0.5, 0.6) is 0 Å². The second-order valence-electron chi connectivity index (χ2n) is 7.13. The lowest BCUT2D eigenvalue weighted by Gasteiger charge is -2.34. The Bertz CT molecular complexity index is 623. The van der Waals surface area contributed by atoms with E-state index in [4.69, 9.17) is 0 Å². The molecule has 0 fully saturated rings. The maximum atomic E-state index is 2.55. The summed E-state index contributed by atoms with van der Waals surface area (Å²) >= 11 is 0. The van der Waals surface area contributed by atoms with E-state index >= 15 is 0 Å². The van der Waals surface area contributed by atoms with Crippen molar-refractivity contribution < 1.29 is 0 Å². The highest BCUT2D eigenvalue weighted by molar-refractivity contribution is 5.32. The molecule has 0 amide bonds. The molecular formula is C22H30N2. The number of hydrogen-bond donors (Lipinski definition) is 0. The molecular weight excluding hydrogens is 292 g/mol. The minimum absolute atomic E-state index is 0.595. The van der Waals surface area contributed by atoms with Crippen LogP contribution in [-0.2, 0) is 12.8 Å². The van der Waals surface area contributed by atoms with Gasteiger partial charge in [0.15, 0.2) is 0 Å². The van der Waals surface area contributed by atoms with Gasteiger partial charge in [-0.1, -0.05) is 54.6 Å². The Hall–Kier alpha value is -1.64. The van der Waals surface area contributed by atoms with Crippen molar-refractivity contribution in [3.8, 4) is 0 Å². The maximum absolute atomic E-state index is 2.55. The molecule has 2 nitrogen and oxygen atoms in total. The zero-order chi connectivity index (χ0) is 16.8. The highest BCUT2D eigenvalue weighted by atomic mass is 15.2. The van der Waals surface area contributed by atoms with Crippen LogP contribution in [0.25, 0.3) is 0 Å². The van der Waals surface area contributed by atoms with Crippen LogP contribution in [0, 0.1) is 0 Å². The largest absolute Gasteiger partial charge is 0.305 e. The van der Waals surface area contributed by atoms with E-state index in [0.29, 0.717) is 6.04 Å². The molecule has 0 heterocycles. The first-order valence-corrected chi connectivity index (χ1v) is 9.24. The van der Waals surface area contributed by atoms with Gasteiger partial charge in [0.25, 0.3) is 0 Å². The molecule has 3 rings (SSSR count). The van der Waals surface area contributed by atoms with Crippen molar-refractivity contribution in [3.05, 3.63) is 71.3 Å². The smallest absolute Gasteiger partial charge is 0.0348 e. The summed E-state index contributed by atoms with van der Waals surface area (Å²) in [5.41, 5.74) is 4.54. The number of likely N-dealkylation sites (N-methyl/N-ethyl adjacent to an activating group) is 2. The summed E-state index contributed by atoms with van der Waals surface area (Å²) in [5, 5.41) is 0. The van der Waals surface area contributed by atoms with Crippen molar-refractivity contribution >= 4 is 0 Å². The summed E-state index contributed by atoms with van der Waals surface area (Å²) in [6.07, 6.45) is 4.99. The fourth-order valence-corrected chi connectivity index (χ4v) is 3.75. The van der Waals surface area contributed by atoms with E-state index in [0.717, 1.165) is 26.1 Å². The van der Waals surface area contributed by atoms with Gasteiger partial charge in [-0.2, -0.15) is 0 Å². The molecule has 0 aromatic heterocycles. The van der Waals surface area contributed by atoms with Crippen LogP contribution in [0.15, 0.2) is 54.6 Å². The standard InChI is InChI=1S/C22H30N2/c1-23(16-15-19-9-4-3-5-10-19)17-18-24(2)22-14-8-12-20-11-6-7-13-21(20)22/h3-7,9-11,13,22H,8,12,14-18H2,1-2H3.